The number of carbonyl (C=O) groups is 1. The van der Waals surface area contributed by atoms with Crippen molar-refractivity contribution in [2.75, 3.05) is 26.5 Å². The minimum absolute atomic E-state index is 0.0253. The predicted octanol–water partition coefficient (Wildman–Crippen LogP) is 1.60. The molecule has 114 valence electrons. The van der Waals surface area contributed by atoms with E-state index < -0.39 is 0 Å². The molecule has 1 aliphatic rings. The fourth-order valence-corrected chi connectivity index (χ4v) is 2.46. The minimum atomic E-state index is -0.165. The van der Waals surface area contributed by atoms with Crippen LogP contribution in [0.1, 0.15) is 12.0 Å². The molecule has 2 rings (SSSR count). The number of nitrogens with zero attached hydrogens (tertiary/aromatic N) is 1. The van der Waals surface area contributed by atoms with Crippen LogP contribution in [0.15, 0.2) is 30.4 Å². The van der Waals surface area contributed by atoms with Gasteiger partial charge in [0.15, 0.2) is 0 Å². The van der Waals surface area contributed by atoms with Gasteiger partial charge >= 0.3 is 0 Å². The number of carbonyl (C=O) groups excluding carboxylic acids is 1. The van der Waals surface area contributed by atoms with Gasteiger partial charge in [0.25, 0.3) is 0 Å². The summed E-state index contributed by atoms with van der Waals surface area (Å²) in [5, 5.41) is 2.95. The lowest BCUT2D eigenvalue weighted by atomic mass is 10.1. The number of methoxy groups -OCH3 is 1. The van der Waals surface area contributed by atoms with Crippen molar-refractivity contribution < 1.29 is 9.53 Å². The molecule has 0 heterocycles. The molecule has 0 saturated carbocycles. The fourth-order valence-electron chi connectivity index (χ4n) is 2.46. The van der Waals surface area contributed by atoms with E-state index in [0.29, 0.717) is 17.9 Å². The zero-order valence-electron chi connectivity index (χ0n) is 12.8. The van der Waals surface area contributed by atoms with E-state index in [2.05, 4.69) is 10.2 Å². The highest BCUT2D eigenvalue weighted by Crippen LogP contribution is 2.27. The molecule has 0 aliphatic heterocycles. The van der Waals surface area contributed by atoms with E-state index in [4.69, 9.17) is 10.5 Å². The second-order valence-electron chi connectivity index (χ2n) is 5.65. The van der Waals surface area contributed by atoms with Gasteiger partial charge in [-0.05, 0) is 38.2 Å². The summed E-state index contributed by atoms with van der Waals surface area (Å²) in [4.78, 5) is 14.4. The van der Waals surface area contributed by atoms with Crippen molar-refractivity contribution in [1.29, 1.82) is 0 Å². The van der Waals surface area contributed by atoms with Crippen molar-refractivity contribution in [3.63, 3.8) is 0 Å². The van der Waals surface area contributed by atoms with E-state index in [-0.39, 0.29) is 17.9 Å². The number of anilines is 1. The molecule has 0 spiro atoms. The van der Waals surface area contributed by atoms with Gasteiger partial charge in [0.05, 0.1) is 18.7 Å². The van der Waals surface area contributed by atoms with Gasteiger partial charge in [0, 0.05) is 12.6 Å². The molecule has 5 heteroatoms. The van der Waals surface area contributed by atoms with Gasteiger partial charge in [-0.25, -0.2) is 0 Å². The van der Waals surface area contributed by atoms with Crippen LogP contribution in [0.3, 0.4) is 0 Å². The maximum atomic E-state index is 12.3. The third-order valence-electron chi connectivity index (χ3n) is 3.47. The largest absolute Gasteiger partial charge is 0.495 e. The molecule has 0 fully saturated rings. The van der Waals surface area contributed by atoms with Crippen LogP contribution < -0.4 is 15.8 Å². The van der Waals surface area contributed by atoms with Gasteiger partial charge in [0.2, 0.25) is 5.91 Å². The van der Waals surface area contributed by atoms with Crippen molar-refractivity contribution in [3.05, 3.63) is 35.9 Å². The van der Waals surface area contributed by atoms with Crippen LogP contribution in [0.5, 0.6) is 5.75 Å². The lowest BCUT2D eigenvalue weighted by Gasteiger charge is -2.16. The van der Waals surface area contributed by atoms with Crippen molar-refractivity contribution >= 4 is 11.6 Å². The molecule has 1 aromatic carbocycles. The molecule has 5 nitrogen and oxygen atoms in total. The maximum absolute atomic E-state index is 12.3. The zero-order chi connectivity index (χ0) is 15.4. The highest BCUT2D eigenvalue weighted by atomic mass is 16.5. The number of amides is 1. The van der Waals surface area contributed by atoms with Crippen LogP contribution in [0, 0.1) is 5.92 Å². The summed E-state index contributed by atoms with van der Waals surface area (Å²) < 4.78 is 5.32. The molecule has 0 bridgehead atoms. The summed E-state index contributed by atoms with van der Waals surface area (Å²) in [7, 11) is 5.61. The summed E-state index contributed by atoms with van der Waals surface area (Å²) in [6.07, 6.45) is 4.41. The maximum Gasteiger partial charge on any atom is 0.231 e. The van der Waals surface area contributed by atoms with Crippen LogP contribution >= 0.6 is 0 Å². The molecule has 1 aromatic rings. The Balaban J connectivity index is 2.13. The van der Waals surface area contributed by atoms with E-state index in [1.54, 1.807) is 7.11 Å². The van der Waals surface area contributed by atoms with E-state index in [0.717, 1.165) is 12.1 Å². The van der Waals surface area contributed by atoms with E-state index in [9.17, 15) is 4.79 Å². The van der Waals surface area contributed by atoms with Gasteiger partial charge in [-0.1, -0.05) is 18.2 Å². The first-order valence-corrected chi connectivity index (χ1v) is 7.06. The smallest absolute Gasteiger partial charge is 0.231 e. The lowest BCUT2D eigenvalue weighted by Crippen LogP contribution is -2.24. The molecule has 21 heavy (non-hydrogen) atoms. The molecule has 2 atom stereocenters. The fraction of sp³-hybridized carbons (Fsp3) is 0.438. The van der Waals surface area contributed by atoms with Crippen LogP contribution in [0.2, 0.25) is 0 Å². The predicted molar refractivity (Wildman–Crippen MR) is 84.2 cm³/mol. The highest BCUT2D eigenvalue weighted by Gasteiger charge is 2.23. The first-order chi connectivity index (χ1) is 9.99. The van der Waals surface area contributed by atoms with Gasteiger partial charge in [0.1, 0.15) is 5.75 Å². The summed E-state index contributed by atoms with van der Waals surface area (Å²) >= 11 is 0. The molecule has 0 aromatic heterocycles. The second-order valence-corrected chi connectivity index (χ2v) is 5.65. The standard InChI is InChI=1S/C16H23N3O2/c1-19(2)10-11-4-7-15(21-3)14(8-11)18-16(20)12-5-6-13(17)9-12/h4-8,12-13H,9-10,17H2,1-3H3,(H,18,20). The Morgan fingerprint density at radius 2 is 2.19 bits per heavy atom. The number of rotatable bonds is 5. The second kappa shape index (κ2) is 6.74. The van der Waals surface area contributed by atoms with Gasteiger partial charge in [-0.15, -0.1) is 0 Å². The summed E-state index contributed by atoms with van der Waals surface area (Å²) in [5.74, 6) is 0.457. The topological polar surface area (TPSA) is 67.6 Å². The van der Waals surface area contributed by atoms with Crippen molar-refractivity contribution in [1.82, 2.24) is 4.90 Å². The Hall–Kier alpha value is -1.85. The Morgan fingerprint density at radius 1 is 1.43 bits per heavy atom. The number of hydrogen-bond acceptors (Lipinski definition) is 4. The van der Waals surface area contributed by atoms with Gasteiger partial charge in [-0.3, -0.25) is 4.79 Å². The first-order valence-electron chi connectivity index (χ1n) is 7.06. The molecule has 1 amide bonds. The molecular formula is C16H23N3O2. The Labute approximate surface area is 125 Å². The summed E-state index contributed by atoms with van der Waals surface area (Å²) in [5.41, 5.74) is 7.62. The number of benzene rings is 1. The monoisotopic (exact) mass is 289 g/mol. The number of hydrogen-bond donors (Lipinski definition) is 2. The molecule has 0 saturated heterocycles. The quantitative estimate of drug-likeness (QED) is 0.808. The van der Waals surface area contributed by atoms with Crippen LogP contribution in [0.25, 0.3) is 0 Å². The Kier molecular flexibility index (Phi) is 4.98. The Bertz CT molecular complexity index is 540. The number of ether oxygens (including phenoxy) is 1. The Morgan fingerprint density at radius 3 is 2.76 bits per heavy atom. The molecule has 3 N–H and O–H groups in total. The third kappa shape index (κ3) is 4.06. The van der Waals surface area contributed by atoms with Crippen LogP contribution in [-0.2, 0) is 11.3 Å². The number of nitrogens with one attached hydrogen (secondary N) is 1. The zero-order valence-corrected chi connectivity index (χ0v) is 12.8. The first kappa shape index (κ1) is 15.5. The van der Waals surface area contributed by atoms with Crippen molar-refractivity contribution in [3.8, 4) is 5.75 Å². The van der Waals surface area contributed by atoms with Gasteiger partial charge in [-0.2, -0.15) is 0 Å². The normalized spacial score (nSPS) is 20.8. The van der Waals surface area contributed by atoms with Gasteiger partial charge < -0.3 is 20.7 Å². The number of nitrogens with two attached hydrogens (primary N) is 1. The minimum Gasteiger partial charge on any atom is -0.495 e. The SMILES string of the molecule is COc1ccc(CN(C)C)cc1NC(=O)C1C=CC(N)C1. The third-order valence-corrected chi connectivity index (χ3v) is 3.47. The molecule has 0 radical (unpaired) electrons. The van der Waals surface area contributed by atoms with E-state index in [1.165, 1.54) is 0 Å². The summed E-state index contributed by atoms with van der Waals surface area (Å²) in [6.45, 7) is 0.807. The molecular weight excluding hydrogens is 266 g/mol. The van der Waals surface area contributed by atoms with E-state index in [1.807, 2.05) is 44.4 Å². The van der Waals surface area contributed by atoms with Crippen LogP contribution in [-0.4, -0.2) is 38.1 Å². The van der Waals surface area contributed by atoms with Crippen molar-refractivity contribution in [2.24, 2.45) is 11.7 Å². The molecule has 1 aliphatic carbocycles. The highest BCUT2D eigenvalue weighted by molar-refractivity contribution is 5.95. The molecule has 2 unspecified atom stereocenters. The lowest BCUT2D eigenvalue weighted by molar-refractivity contribution is -0.118. The van der Waals surface area contributed by atoms with Crippen LogP contribution in [0.4, 0.5) is 5.69 Å². The van der Waals surface area contributed by atoms with Crippen molar-refractivity contribution in [2.45, 2.75) is 19.0 Å². The van der Waals surface area contributed by atoms with E-state index >= 15 is 0 Å². The summed E-state index contributed by atoms with van der Waals surface area (Å²) in [6, 6.07) is 5.81. The average molecular weight is 289 g/mol. The average Bonchev–Trinajstić information content (AvgIpc) is 2.85.